The van der Waals surface area contributed by atoms with E-state index in [1.165, 1.54) is 28.4 Å². The molecule has 3 rings (SSSR count). The first-order valence-electron chi connectivity index (χ1n) is 8.54. The number of Topliss-reactive ketones (excluding diaryl/α,β-unsaturated/α-hetero) is 1. The fourth-order valence-electron chi connectivity index (χ4n) is 3.06. The zero-order valence-electron chi connectivity index (χ0n) is 15.4. The number of carbonyl (C=O) groups excluding carboxylic acids is 2. The first kappa shape index (κ1) is 19.3. The summed E-state index contributed by atoms with van der Waals surface area (Å²) in [4.78, 5) is 29.5. The van der Waals surface area contributed by atoms with Crippen molar-refractivity contribution in [3.05, 3.63) is 63.1 Å². The minimum Gasteiger partial charge on any atom is -0.507 e. The lowest BCUT2D eigenvalue weighted by Gasteiger charge is -2.25. The Bertz CT molecular complexity index is 906. The molecule has 1 amide bonds. The Morgan fingerprint density at radius 1 is 1.30 bits per heavy atom. The van der Waals surface area contributed by atoms with E-state index in [0.717, 1.165) is 4.88 Å². The molecule has 5 nitrogen and oxygen atoms in total. The molecular formula is C20H21FN2O3S. The standard InChI is InChI=1S/C20H21FN2O3S/c1-12-6-7-13(11-14(12)21)18(24)16-17(15-5-4-10-27-15)23(9-8-22(2)3)20(26)19(16)25/h4-7,10-11,17,24H,8-9H2,1-3H3. The number of benzene rings is 1. The molecule has 1 saturated heterocycles. The Morgan fingerprint density at radius 3 is 2.63 bits per heavy atom. The molecule has 0 aliphatic carbocycles. The van der Waals surface area contributed by atoms with E-state index in [4.69, 9.17) is 0 Å². The SMILES string of the molecule is Cc1ccc(C(O)=C2C(=O)C(=O)N(CCN(C)C)C2c2cccs2)cc1F. The minimum atomic E-state index is -0.745. The lowest BCUT2D eigenvalue weighted by molar-refractivity contribution is -0.140. The van der Waals surface area contributed by atoms with E-state index >= 15 is 0 Å². The summed E-state index contributed by atoms with van der Waals surface area (Å²) < 4.78 is 14.0. The van der Waals surface area contributed by atoms with Crippen LogP contribution in [0.5, 0.6) is 0 Å². The Kier molecular flexibility index (Phi) is 5.43. The Morgan fingerprint density at radius 2 is 2.04 bits per heavy atom. The van der Waals surface area contributed by atoms with E-state index in [2.05, 4.69) is 0 Å². The predicted molar refractivity (Wildman–Crippen MR) is 103 cm³/mol. The van der Waals surface area contributed by atoms with Gasteiger partial charge in [0.25, 0.3) is 11.7 Å². The number of likely N-dealkylation sites (N-methyl/N-ethyl adjacent to an activating group) is 1. The molecular weight excluding hydrogens is 367 g/mol. The largest absolute Gasteiger partial charge is 0.507 e. The molecule has 142 valence electrons. The molecule has 1 aromatic heterocycles. The molecule has 1 aliphatic heterocycles. The van der Waals surface area contributed by atoms with Gasteiger partial charge in [0.15, 0.2) is 0 Å². The van der Waals surface area contributed by atoms with Gasteiger partial charge < -0.3 is 14.9 Å². The summed E-state index contributed by atoms with van der Waals surface area (Å²) in [6.45, 7) is 2.54. The molecule has 0 spiro atoms. The zero-order valence-corrected chi connectivity index (χ0v) is 16.2. The number of aryl methyl sites for hydroxylation is 1. The summed E-state index contributed by atoms with van der Waals surface area (Å²) in [5, 5.41) is 12.6. The van der Waals surface area contributed by atoms with E-state index in [1.807, 2.05) is 36.5 Å². The van der Waals surface area contributed by atoms with Gasteiger partial charge in [-0.1, -0.05) is 18.2 Å². The van der Waals surface area contributed by atoms with E-state index in [1.54, 1.807) is 13.0 Å². The van der Waals surface area contributed by atoms with Gasteiger partial charge >= 0.3 is 0 Å². The summed E-state index contributed by atoms with van der Waals surface area (Å²) in [7, 11) is 3.76. The van der Waals surface area contributed by atoms with Crippen molar-refractivity contribution >= 4 is 28.8 Å². The van der Waals surface area contributed by atoms with Crippen molar-refractivity contribution in [2.75, 3.05) is 27.2 Å². The van der Waals surface area contributed by atoms with E-state index < -0.39 is 23.5 Å². The van der Waals surface area contributed by atoms with Crippen LogP contribution in [-0.4, -0.2) is 53.8 Å². The number of amides is 1. The normalized spacial score (nSPS) is 19.3. The number of nitrogens with zero attached hydrogens (tertiary/aromatic N) is 2. The maximum atomic E-state index is 14.0. The second kappa shape index (κ2) is 7.62. The van der Waals surface area contributed by atoms with Crippen LogP contribution in [0.4, 0.5) is 4.39 Å². The van der Waals surface area contributed by atoms with Crippen LogP contribution in [0.2, 0.25) is 0 Å². The van der Waals surface area contributed by atoms with Crippen LogP contribution in [0, 0.1) is 12.7 Å². The average molecular weight is 388 g/mol. The third-order valence-corrected chi connectivity index (χ3v) is 5.51. The van der Waals surface area contributed by atoms with E-state index in [9.17, 15) is 19.1 Å². The number of aliphatic hydroxyl groups excluding tert-OH is 1. The van der Waals surface area contributed by atoms with Crippen LogP contribution in [0.1, 0.15) is 22.0 Å². The Labute approximate surface area is 161 Å². The quantitative estimate of drug-likeness (QED) is 0.486. The predicted octanol–water partition coefficient (Wildman–Crippen LogP) is 3.18. The number of likely N-dealkylation sites (tertiary alicyclic amines) is 1. The molecule has 1 fully saturated rings. The zero-order chi connectivity index (χ0) is 19.7. The molecule has 2 aromatic rings. The van der Waals surface area contributed by atoms with Gasteiger partial charge in [-0.25, -0.2) is 4.39 Å². The van der Waals surface area contributed by atoms with Crippen molar-refractivity contribution in [2.45, 2.75) is 13.0 Å². The van der Waals surface area contributed by atoms with Gasteiger partial charge in [-0.2, -0.15) is 0 Å². The van der Waals surface area contributed by atoms with E-state index in [0.29, 0.717) is 18.7 Å². The highest BCUT2D eigenvalue weighted by Gasteiger charge is 2.46. The van der Waals surface area contributed by atoms with Crippen LogP contribution in [0.15, 0.2) is 41.3 Å². The van der Waals surface area contributed by atoms with Gasteiger partial charge in [0.05, 0.1) is 11.6 Å². The topological polar surface area (TPSA) is 60.9 Å². The number of rotatable bonds is 5. The van der Waals surface area contributed by atoms with Gasteiger partial charge in [0.1, 0.15) is 11.6 Å². The lowest BCUT2D eigenvalue weighted by Crippen LogP contribution is -2.35. The molecule has 1 N–H and O–H groups in total. The summed E-state index contributed by atoms with van der Waals surface area (Å²) in [5.41, 5.74) is 0.627. The number of halogens is 1. The number of ketones is 1. The molecule has 2 heterocycles. The Hall–Kier alpha value is -2.51. The first-order chi connectivity index (χ1) is 12.8. The smallest absolute Gasteiger partial charge is 0.295 e. The van der Waals surface area contributed by atoms with Crippen molar-refractivity contribution in [3.8, 4) is 0 Å². The maximum absolute atomic E-state index is 14.0. The van der Waals surface area contributed by atoms with Crippen molar-refractivity contribution in [1.29, 1.82) is 0 Å². The van der Waals surface area contributed by atoms with Gasteiger partial charge in [-0.15, -0.1) is 11.3 Å². The molecule has 1 atom stereocenters. The summed E-state index contributed by atoms with van der Waals surface area (Å²) in [6, 6.07) is 7.25. The van der Waals surface area contributed by atoms with Gasteiger partial charge in [-0.05, 0) is 44.1 Å². The van der Waals surface area contributed by atoms with Crippen molar-refractivity contribution in [3.63, 3.8) is 0 Å². The summed E-state index contributed by atoms with van der Waals surface area (Å²) in [5.74, 6) is -2.22. The first-order valence-corrected chi connectivity index (χ1v) is 9.42. The van der Waals surface area contributed by atoms with E-state index in [-0.39, 0.29) is 16.9 Å². The van der Waals surface area contributed by atoms with Crippen molar-refractivity contribution in [2.24, 2.45) is 0 Å². The van der Waals surface area contributed by atoms with Gasteiger partial charge in [-0.3, -0.25) is 9.59 Å². The van der Waals surface area contributed by atoms with Crippen LogP contribution in [0.3, 0.4) is 0 Å². The number of hydrogen-bond acceptors (Lipinski definition) is 5. The molecule has 27 heavy (non-hydrogen) atoms. The van der Waals surface area contributed by atoms with Crippen LogP contribution in [-0.2, 0) is 9.59 Å². The molecule has 0 radical (unpaired) electrons. The fraction of sp³-hybridized carbons (Fsp3) is 0.300. The molecule has 0 bridgehead atoms. The average Bonchev–Trinajstić information content (AvgIpc) is 3.23. The highest BCUT2D eigenvalue weighted by molar-refractivity contribution is 7.10. The fourth-order valence-corrected chi connectivity index (χ4v) is 3.90. The number of carbonyl (C=O) groups is 2. The molecule has 1 aliphatic rings. The maximum Gasteiger partial charge on any atom is 0.295 e. The number of hydrogen-bond donors (Lipinski definition) is 1. The second-order valence-corrected chi connectivity index (χ2v) is 7.75. The monoisotopic (exact) mass is 388 g/mol. The van der Waals surface area contributed by atoms with Gasteiger partial charge in [0.2, 0.25) is 0 Å². The molecule has 1 aromatic carbocycles. The molecule has 7 heteroatoms. The van der Waals surface area contributed by atoms with Crippen LogP contribution < -0.4 is 0 Å². The van der Waals surface area contributed by atoms with Crippen molar-refractivity contribution in [1.82, 2.24) is 9.80 Å². The minimum absolute atomic E-state index is 0.00413. The summed E-state index contributed by atoms with van der Waals surface area (Å²) in [6.07, 6.45) is 0. The van der Waals surface area contributed by atoms with Crippen LogP contribution in [0.25, 0.3) is 5.76 Å². The second-order valence-electron chi connectivity index (χ2n) is 6.78. The highest BCUT2D eigenvalue weighted by atomic mass is 32.1. The van der Waals surface area contributed by atoms with Crippen LogP contribution >= 0.6 is 11.3 Å². The lowest BCUT2D eigenvalue weighted by atomic mass is 9.99. The number of thiophene rings is 1. The van der Waals surface area contributed by atoms with Gasteiger partial charge in [0, 0.05) is 23.5 Å². The van der Waals surface area contributed by atoms with Crippen molar-refractivity contribution < 1.29 is 19.1 Å². The Balaban J connectivity index is 2.12. The highest BCUT2D eigenvalue weighted by Crippen LogP contribution is 2.40. The molecule has 1 unspecified atom stereocenters. The summed E-state index contributed by atoms with van der Waals surface area (Å²) >= 11 is 1.41. The third-order valence-electron chi connectivity index (χ3n) is 4.59. The number of aliphatic hydroxyl groups is 1. The molecule has 0 saturated carbocycles. The third kappa shape index (κ3) is 3.65.